The van der Waals surface area contributed by atoms with E-state index in [1.165, 1.54) is 24.1 Å². The Labute approximate surface area is 113 Å². The lowest BCUT2D eigenvalue weighted by atomic mass is 10.2. The van der Waals surface area contributed by atoms with Crippen LogP contribution in [0.25, 0.3) is 0 Å². The lowest BCUT2D eigenvalue weighted by molar-refractivity contribution is 0.475. The summed E-state index contributed by atoms with van der Waals surface area (Å²) in [6.07, 6.45) is 4.56. The Morgan fingerprint density at radius 3 is 2.74 bits per heavy atom. The van der Waals surface area contributed by atoms with Crippen molar-refractivity contribution in [3.8, 4) is 5.75 Å². The first-order chi connectivity index (χ1) is 9.22. The van der Waals surface area contributed by atoms with Gasteiger partial charge in [-0.05, 0) is 37.5 Å². The molecule has 1 saturated carbocycles. The second-order valence-corrected chi connectivity index (χ2v) is 5.23. The summed E-state index contributed by atoms with van der Waals surface area (Å²) < 4.78 is 2.01. The van der Waals surface area contributed by atoms with Gasteiger partial charge in [0.1, 0.15) is 5.75 Å². The van der Waals surface area contributed by atoms with E-state index in [1.807, 2.05) is 23.0 Å². The van der Waals surface area contributed by atoms with Gasteiger partial charge in [-0.1, -0.05) is 12.1 Å². The highest BCUT2D eigenvalue weighted by atomic mass is 16.3. The van der Waals surface area contributed by atoms with Crippen LogP contribution in [0.2, 0.25) is 0 Å². The van der Waals surface area contributed by atoms with Gasteiger partial charge in [0.25, 0.3) is 0 Å². The molecule has 1 aromatic carbocycles. The Kier molecular flexibility index (Phi) is 3.25. The summed E-state index contributed by atoms with van der Waals surface area (Å²) in [4.78, 5) is 0. The van der Waals surface area contributed by atoms with Gasteiger partial charge in [-0.25, -0.2) is 0 Å². The van der Waals surface area contributed by atoms with Gasteiger partial charge in [0.2, 0.25) is 0 Å². The van der Waals surface area contributed by atoms with Crippen LogP contribution in [-0.2, 0) is 13.1 Å². The molecule has 0 spiro atoms. The fraction of sp³-hybridized carbons (Fsp3) is 0.400. The first kappa shape index (κ1) is 12.2. The Morgan fingerprint density at radius 1 is 1.32 bits per heavy atom. The number of phenols is 1. The number of hydrogen-bond acceptors (Lipinski definition) is 3. The van der Waals surface area contributed by atoms with Crippen molar-refractivity contribution in [1.82, 2.24) is 15.1 Å². The molecule has 1 aromatic heterocycles. The maximum absolute atomic E-state index is 9.28. The highest BCUT2D eigenvalue weighted by Gasteiger charge is 2.20. The summed E-state index contributed by atoms with van der Waals surface area (Å²) in [5.74, 6) is 0.301. The molecular weight excluding hydrogens is 238 g/mol. The maximum Gasteiger partial charge on any atom is 0.115 e. The number of hydrogen-bond donors (Lipinski definition) is 2. The molecule has 3 rings (SSSR count). The van der Waals surface area contributed by atoms with Crippen molar-refractivity contribution in [2.24, 2.45) is 0 Å². The number of aromatic nitrogens is 2. The molecular formula is C15H19N3O. The van der Waals surface area contributed by atoms with E-state index < -0.39 is 0 Å². The molecule has 0 atom stereocenters. The topological polar surface area (TPSA) is 50.1 Å². The molecule has 1 fully saturated rings. The third-order valence-corrected chi connectivity index (χ3v) is 3.63. The minimum atomic E-state index is 0.301. The summed E-state index contributed by atoms with van der Waals surface area (Å²) in [5.41, 5.74) is 3.62. The summed E-state index contributed by atoms with van der Waals surface area (Å²) in [6, 6.07) is 8.00. The second kappa shape index (κ2) is 5.05. The predicted molar refractivity (Wildman–Crippen MR) is 74.0 cm³/mol. The zero-order chi connectivity index (χ0) is 13.2. The average Bonchev–Trinajstić information content (AvgIpc) is 3.17. The molecule has 0 unspecified atom stereocenters. The van der Waals surface area contributed by atoms with Crippen LogP contribution in [0.5, 0.6) is 5.75 Å². The number of nitrogens with one attached hydrogen (secondary N) is 1. The minimum Gasteiger partial charge on any atom is -0.508 e. The molecule has 0 bridgehead atoms. The minimum absolute atomic E-state index is 0.301. The van der Waals surface area contributed by atoms with Crippen LogP contribution in [0.15, 0.2) is 30.5 Å². The van der Waals surface area contributed by atoms with Gasteiger partial charge in [0, 0.05) is 23.8 Å². The number of nitrogens with zero attached hydrogens (tertiary/aromatic N) is 2. The predicted octanol–water partition coefficient (Wildman–Crippen LogP) is 2.20. The Bertz CT molecular complexity index is 555. The van der Waals surface area contributed by atoms with E-state index in [0.717, 1.165) is 24.7 Å². The summed E-state index contributed by atoms with van der Waals surface area (Å²) in [6.45, 7) is 3.76. The molecule has 1 aliphatic carbocycles. The van der Waals surface area contributed by atoms with Crippen LogP contribution in [-0.4, -0.2) is 20.9 Å². The third-order valence-electron chi connectivity index (χ3n) is 3.63. The highest BCUT2D eigenvalue weighted by molar-refractivity contribution is 5.26. The van der Waals surface area contributed by atoms with E-state index >= 15 is 0 Å². The van der Waals surface area contributed by atoms with Crippen LogP contribution in [0.1, 0.15) is 29.7 Å². The lowest BCUT2D eigenvalue weighted by Crippen LogP contribution is -2.15. The van der Waals surface area contributed by atoms with Crippen LogP contribution in [0.4, 0.5) is 0 Å². The van der Waals surface area contributed by atoms with Crippen LogP contribution < -0.4 is 5.32 Å². The molecule has 1 aliphatic rings. The summed E-state index contributed by atoms with van der Waals surface area (Å²) in [5, 5.41) is 17.2. The average molecular weight is 257 g/mol. The molecule has 100 valence electrons. The maximum atomic E-state index is 9.28. The number of rotatable bonds is 5. The van der Waals surface area contributed by atoms with E-state index in [1.54, 1.807) is 12.1 Å². The smallest absolute Gasteiger partial charge is 0.115 e. The van der Waals surface area contributed by atoms with Gasteiger partial charge in [-0.3, -0.25) is 4.68 Å². The van der Waals surface area contributed by atoms with Crippen molar-refractivity contribution in [3.63, 3.8) is 0 Å². The summed E-state index contributed by atoms with van der Waals surface area (Å²) in [7, 11) is 0. The highest BCUT2D eigenvalue weighted by Crippen LogP contribution is 2.20. The van der Waals surface area contributed by atoms with E-state index in [-0.39, 0.29) is 0 Å². The van der Waals surface area contributed by atoms with Crippen molar-refractivity contribution in [1.29, 1.82) is 0 Å². The number of benzene rings is 1. The molecule has 19 heavy (non-hydrogen) atoms. The van der Waals surface area contributed by atoms with E-state index in [0.29, 0.717) is 5.75 Å². The SMILES string of the molecule is Cc1c(CNC2CC2)cnn1Cc1ccc(O)cc1. The van der Waals surface area contributed by atoms with Gasteiger partial charge in [-0.2, -0.15) is 5.10 Å². The Morgan fingerprint density at radius 2 is 2.05 bits per heavy atom. The molecule has 2 N–H and O–H groups in total. The quantitative estimate of drug-likeness (QED) is 0.863. The summed E-state index contributed by atoms with van der Waals surface area (Å²) >= 11 is 0. The Hall–Kier alpha value is -1.81. The standard InChI is InChI=1S/C15H19N3O/c1-11-13(8-16-14-4-5-14)9-17-18(11)10-12-2-6-15(19)7-3-12/h2-3,6-7,9,14,16,19H,4-5,8,10H2,1H3. The molecule has 0 saturated heterocycles. The molecule has 0 amide bonds. The van der Waals surface area contributed by atoms with Crippen molar-refractivity contribution < 1.29 is 5.11 Å². The zero-order valence-electron chi connectivity index (χ0n) is 11.1. The van der Waals surface area contributed by atoms with Gasteiger partial charge in [0.15, 0.2) is 0 Å². The van der Waals surface area contributed by atoms with Crippen LogP contribution in [0.3, 0.4) is 0 Å². The third kappa shape index (κ3) is 2.96. The van der Waals surface area contributed by atoms with Gasteiger partial charge in [-0.15, -0.1) is 0 Å². The van der Waals surface area contributed by atoms with Crippen molar-refractivity contribution >= 4 is 0 Å². The first-order valence-electron chi connectivity index (χ1n) is 6.75. The van der Waals surface area contributed by atoms with E-state index in [9.17, 15) is 5.11 Å². The van der Waals surface area contributed by atoms with Gasteiger partial charge < -0.3 is 10.4 Å². The largest absolute Gasteiger partial charge is 0.508 e. The van der Waals surface area contributed by atoms with E-state index in [4.69, 9.17) is 0 Å². The molecule has 0 radical (unpaired) electrons. The van der Waals surface area contributed by atoms with E-state index in [2.05, 4.69) is 17.3 Å². The fourth-order valence-electron chi connectivity index (χ4n) is 2.13. The molecule has 0 aliphatic heterocycles. The first-order valence-corrected chi connectivity index (χ1v) is 6.75. The molecule has 2 aromatic rings. The van der Waals surface area contributed by atoms with Gasteiger partial charge >= 0.3 is 0 Å². The zero-order valence-corrected chi connectivity index (χ0v) is 11.1. The van der Waals surface area contributed by atoms with Crippen molar-refractivity contribution in [3.05, 3.63) is 47.3 Å². The number of phenolic OH excluding ortho intramolecular Hbond substituents is 1. The fourth-order valence-corrected chi connectivity index (χ4v) is 2.13. The molecule has 1 heterocycles. The van der Waals surface area contributed by atoms with Crippen LogP contribution in [0, 0.1) is 6.92 Å². The number of aromatic hydroxyl groups is 1. The van der Waals surface area contributed by atoms with Crippen molar-refractivity contribution in [2.75, 3.05) is 0 Å². The van der Waals surface area contributed by atoms with Crippen molar-refractivity contribution in [2.45, 2.75) is 38.9 Å². The molecule has 4 nitrogen and oxygen atoms in total. The Balaban J connectivity index is 1.68. The molecule has 4 heteroatoms. The second-order valence-electron chi connectivity index (χ2n) is 5.23. The van der Waals surface area contributed by atoms with Gasteiger partial charge in [0.05, 0.1) is 12.7 Å². The monoisotopic (exact) mass is 257 g/mol. The lowest BCUT2D eigenvalue weighted by Gasteiger charge is -2.06. The normalized spacial score (nSPS) is 14.8. The van der Waals surface area contributed by atoms with Crippen LogP contribution >= 0.6 is 0 Å².